The van der Waals surface area contributed by atoms with Gasteiger partial charge in [-0.15, -0.1) is 6.42 Å². The van der Waals surface area contributed by atoms with Crippen LogP contribution < -0.4 is 0 Å². The first-order valence-corrected chi connectivity index (χ1v) is 8.99. The molecule has 1 heterocycles. The Balaban J connectivity index is 2.35. The van der Waals surface area contributed by atoms with E-state index in [-0.39, 0.29) is 6.61 Å². The van der Waals surface area contributed by atoms with Crippen molar-refractivity contribution in [2.24, 2.45) is 0 Å². The number of benzene rings is 1. The van der Waals surface area contributed by atoms with Crippen molar-refractivity contribution in [3.8, 4) is 12.3 Å². The molecule has 2 rings (SSSR count). The molecule has 1 fully saturated rings. The molecular weight excluding hydrogens is 386 g/mol. The smallest absolute Gasteiger partial charge is 0.398 e. The highest BCUT2D eigenvalue weighted by molar-refractivity contribution is 9.10. The maximum atomic E-state index is 15.3. The molecule has 0 aromatic heterocycles. The minimum Gasteiger partial charge on any atom is -0.398 e. The first-order chi connectivity index (χ1) is 11.7. The molecule has 134 valence electrons. The van der Waals surface area contributed by atoms with E-state index in [1.165, 1.54) is 0 Å². The van der Waals surface area contributed by atoms with E-state index in [1.807, 2.05) is 52.0 Å². The Kier molecular flexibility index (Phi) is 6.50. The molecule has 3 nitrogen and oxygen atoms in total. The summed E-state index contributed by atoms with van der Waals surface area (Å²) in [4.78, 5) is 0. The molecule has 0 spiro atoms. The van der Waals surface area contributed by atoms with Crippen LogP contribution in [0.15, 0.2) is 34.5 Å². The third-order valence-corrected chi connectivity index (χ3v) is 5.32. The van der Waals surface area contributed by atoms with E-state index in [9.17, 15) is 0 Å². The first kappa shape index (κ1) is 20.2. The molecule has 25 heavy (non-hydrogen) atoms. The summed E-state index contributed by atoms with van der Waals surface area (Å²) in [6.07, 6.45) is 5.55. The zero-order valence-electron chi connectivity index (χ0n) is 15.1. The molecule has 1 aromatic rings. The maximum Gasteiger partial charge on any atom is 0.525 e. The van der Waals surface area contributed by atoms with Gasteiger partial charge in [0, 0.05) is 4.47 Å². The summed E-state index contributed by atoms with van der Waals surface area (Å²) in [6, 6.07) is 7.47. The van der Waals surface area contributed by atoms with Crippen molar-refractivity contribution in [3.05, 3.63) is 40.0 Å². The van der Waals surface area contributed by atoms with Gasteiger partial charge in [-0.05, 0) is 51.3 Å². The van der Waals surface area contributed by atoms with Crippen molar-refractivity contribution < 1.29 is 18.4 Å². The lowest BCUT2D eigenvalue weighted by atomic mass is 9.82. The second kappa shape index (κ2) is 8.05. The van der Waals surface area contributed by atoms with E-state index in [0.29, 0.717) is 18.6 Å². The van der Waals surface area contributed by atoms with Crippen LogP contribution in [0.1, 0.15) is 39.7 Å². The SMILES string of the molecule is C#CCOCCC(=C(F)B1OC(C)(C)C(C)(C)O1)c1ccccc1Br. The average Bonchev–Trinajstić information content (AvgIpc) is 2.76. The summed E-state index contributed by atoms with van der Waals surface area (Å²) in [5.74, 6) is 2.41. The van der Waals surface area contributed by atoms with Crippen LogP contribution in [-0.2, 0) is 14.0 Å². The van der Waals surface area contributed by atoms with Gasteiger partial charge >= 0.3 is 7.12 Å². The third kappa shape index (κ3) is 4.54. The van der Waals surface area contributed by atoms with Gasteiger partial charge in [0.25, 0.3) is 0 Å². The highest BCUT2D eigenvalue weighted by Gasteiger charge is 2.53. The topological polar surface area (TPSA) is 27.7 Å². The number of hydrogen-bond acceptors (Lipinski definition) is 3. The van der Waals surface area contributed by atoms with Crippen molar-refractivity contribution in [1.82, 2.24) is 0 Å². The van der Waals surface area contributed by atoms with Crippen LogP contribution in [0.3, 0.4) is 0 Å². The first-order valence-electron chi connectivity index (χ1n) is 8.20. The number of terminal acetylenes is 1. The zero-order chi connectivity index (χ0) is 18.7. The molecule has 1 saturated heterocycles. The summed E-state index contributed by atoms with van der Waals surface area (Å²) in [5, 5.41) is 0. The van der Waals surface area contributed by atoms with Gasteiger partial charge < -0.3 is 14.0 Å². The Morgan fingerprint density at radius 1 is 1.24 bits per heavy atom. The van der Waals surface area contributed by atoms with Crippen LogP contribution in [-0.4, -0.2) is 31.5 Å². The lowest BCUT2D eigenvalue weighted by molar-refractivity contribution is 0.00578. The Labute approximate surface area is 158 Å². The van der Waals surface area contributed by atoms with E-state index in [0.717, 1.165) is 10.0 Å². The average molecular weight is 409 g/mol. The Morgan fingerprint density at radius 3 is 2.40 bits per heavy atom. The lowest BCUT2D eigenvalue weighted by Gasteiger charge is -2.32. The molecule has 0 aliphatic carbocycles. The number of halogens is 2. The second-order valence-corrected chi connectivity index (χ2v) is 7.76. The number of rotatable bonds is 6. The molecule has 1 aliphatic heterocycles. The van der Waals surface area contributed by atoms with Gasteiger partial charge in [0.1, 0.15) is 12.3 Å². The molecule has 0 N–H and O–H groups in total. The fourth-order valence-electron chi connectivity index (χ4n) is 2.48. The van der Waals surface area contributed by atoms with Crippen LogP contribution in [0.2, 0.25) is 0 Å². The highest BCUT2D eigenvalue weighted by atomic mass is 79.9. The van der Waals surface area contributed by atoms with Gasteiger partial charge in [-0.3, -0.25) is 0 Å². The highest BCUT2D eigenvalue weighted by Crippen LogP contribution is 2.41. The monoisotopic (exact) mass is 408 g/mol. The van der Waals surface area contributed by atoms with Crippen molar-refractivity contribution >= 4 is 28.6 Å². The molecule has 6 heteroatoms. The Hall–Kier alpha value is -1.13. The summed E-state index contributed by atoms with van der Waals surface area (Å²) in [7, 11) is -1.04. The zero-order valence-corrected chi connectivity index (χ0v) is 16.7. The van der Waals surface area contributed by atoms with E-state index in [4.69, 9.17) is 20.5 Å². The van der Waals surface area contributed by atoms with Gasteiger partial charge in [0.05, 0.1) is 17.8 Å². The Bertz CT molecular complexity index is 678. The Morgan fingerprint density at radius 2 is 1.84 bits per heavy atom. The predicted octanol–water partition coefficient (Wildman–Crippen LogP) is 4.80. The maximum absolute atomic E-state index is 15.3. The molecule has 0 radical (unpaired) electrons. The normalized spacial score (nSPS) is 19.5. The van der Waals surface area contributed by atoms with Crippen LogP contribution in [0, 0.1) is 12.3 Å². The van der Waals surface area contributed by atoms with Crippen LogP contribution in [0.5, 0.6) is 0 Å². The van der Waals surface area contributed by atoms with Crippen LogP contribution >= 0.6 is 15.9 Å². The fraction of sp³-hybridized carbons (Fsp3) is 0.474. The van der Waals surface area contributed by atoms with E-state index in [2.05, 4.69) is 21.9 Å². The van der Waals surface area contributed by atoms with E-state index >= 15 is 4.39 Å². The standard InChI is InChI=1S/C19H23BBrFO3/c1-6-12-23-13-11-15(14-9-7-8-10-16(14)21)17(22)20-24-18(2,3)19(4,5)25-20/h1,7-10H,11-13H2,2-5H3. The van der Waals surface area contributed by atoms with Gasteiger partial charge in [-0.25, -0.2) is 4.39 Å². The minimum absolute atomic E-state index is 0.196. The van der Waals surface area contributed by atoms with Crippen LogP contribution in [0.25, 0.3) is 5.57 Å². The molecule has 0 saturated carbocycles. The quantitative estimate of drug-likeness (QED) is 0.384. The van der Waals surface area contributed by atoms with Crippen molar-refractivity contribution in [3.63, 3.8) is 0 Å². The molecule has 1 aliphatic rings. The van der Waals surface area contributed by atoms with Gasteiger partial charge in [-0.2, -0.15) is 0 Å². The molecule has 1 aromatic carbocycles. The van der Waals surface area contributed by atoms with Crippen molar-refractivity contribution in [2.75, 3.05) is 13.2 Å². The number of hydrogen-bond donors (Lipinski definition) is 0. The number of ether oxygens (including phenoxy) is 1. The molecule has 0 amide bonds. The largest absolute Gasteiger partial charge is 0.525 e. The third-order valence-electron chi connectivity index (χ3n) is 4.63. The van der Waals surface area contributed by atoms with Crippen LogP contribution in [0.4, 0.5) is 4.39 Å². The summed E-state index contributed by atoms with van der Waals surface area (Å²) < 4.78 is 33.2. The second-order valence-electron chi connectivity index (χ2n) is 6.90. The molecular formula is C19H23BBrFO3. The van der Waals surface area contributed by atoms with Gasteiger partial charge in [0.15, 0.2) is 0 Å². The van der Waals surface area contributed by atoms with Gasteiger partial charge in [-0.1, -0.05) is 40.0 Å². The van der Waals surface area contributed by atoms with Crippen molar-refractivity contribution in [2.45, 2.75) is 45.3 Å². The minimum atomic E-state index is -1.04. The van der Waals surface area contributed by atoms with Gasteiger partial charge in [0.2, 0.25) is 0 Å². The fourth-order valence-corrected chi connectivity index (χ4v) is 3.01. The van der Waals surface area contributed by atoms with Crippen molar-refractivity contribution in [1.29, 1.82) is 0 Å². The van der Waals surface area contributed by atoms with E-state index < -0.39 is 24.0 Å². The summed E-state index contributed by atoms with van der Waals surface area (Å²) >= 11 is 3.49. The summed E-state index contributed by atoms with van der Waals surface area (Å²) in [5.41, 5.74) is -0.404. The predicted molar refractivity (Wildman–Crippen MR) is 103 cm³/mol. The molecule has 0 bridgehead atoms. The van der Waals surface area contributed by atoms with E-state index in [1.54, 1.807) is 0 Å². The molecule has 0 unspecified atom stereocenters. The summed E-state index contributed by atoms with van der Waals surface area (Å²) in [6.45, 7) is 8.10. The lowest BCUT2D eigenvalue weighted by Crippen LogP contribution is -2.41. The molecule has 0 atom stereocenters.